The fourth-order valence-corrected chi connectivity index (χ4v) is 1.26. The number of rotatable bonds is 6. The van der Waals surface area contributed by atoms with Crippen LogP contribution in [0.3, 0.4) is 0 Å². The third-order valence-corrected chi connectivity index (χ3v) is 2.04. The van der Waals surface area contributed by atoms with Crippen molar-refractivity contribution in [2.45, 2.75) is 0 Å². The van der Waals surface area contributed by atoms with Crippen LogP contribution in [0.1, 0.15) is 10.4 Å². The molecule has 6 heteroatoms. The van der Waals surface area contributed by atoms with E-state index in [2.05, 4.69) is 26.3 Å². The van der Waals surface area contributed by atoms with Crippen LogP contribution in [0, 0.1) is 0 Å². The Kier molecular flexibility index (Phi) is 5.34. The second-order valence-corrected chi connectivity index (χ2v) is 3.75. The minimum atomic E-state index is -0.120. The van der Waals surface area contributed by atoms with Gasteiger partial charge in [-0.1, -0.05) is 15.9 Å². The zero-order valence-electron chi connectivity index (χ0n) is 8.57. The Labute approximate surface area is 96.9 Å². The Balaban J connectivity index is 2.19. The molecule has 0 unspecified atom stereocenters. The Hall–Kier alpha value is -0.880. The van der Waals surface area contributed by atoms with Gasteiger partial charge in [0.1, 0.15) is 0 Å². The molecule has 0 bridgehead atoms. The number of carbonyl (C=O) groups is 1. The van der Waals surface area contributed by atoms with Crippen molar-refractivity contribution in [2.75, 3.05) is 25.1 Å². The Morgan fingerprint density at radius 1 is 1.67 bits per heavy atom. The lowest BCUT2D eigenvalue weighted by Crippen LogP contribution is -2.27. The highest BCUT2D eigenvalue weighted by atomic mass is 79.9. The van der Waals surface area contributed by atoms with Gasteiger partial charge in [-0.3, -0.25) is 9.48 Å². The molecule has 0 radical (unpaired) electrons. The van der Waals surface area contributed by atoms with Crippen LogP contribution in [0.2, 0.25) is 0 Å². The van der Waals surface area contributed by atoms with E-state index in [1.54, 1.807) is 17.9 Å². The number of nitrogens with zero attached hydrogens (tertiary/aromatic N) is 2. The molecule has 1 aromatic rings. The lowest BCUT2D eigenvalue weighted by molar-refractivity contribution is 0.0924. The summed E-state index contributed by atoms with van der Waals surface area (Å²) >= 11 is 3.25. The molecule has 84 valence electrons. The summed E-state index contributed by atoms with van der Waals surface area (Å²) in [7, 11) is 1.77. The molecule has 1 rings (SSSR count). The fourth-order valence-electron chi connectivity index (χ4n) is 1.03. The molecule has 0 fully saturated rings. The van der Waals surface area contributed by atoms with Gasteiger partial charge in [0.05, 0.1) is 25.0 Å². The highest BCUT2D eigenvalue weighted by Gasteiger charge is 2.05. The first-order chi connectivity index (χ1) is 7.24. The van der Waals surface area contributed by atoms with E-state index in [-0.39, 0.29) is 5.91 Å². The number of amides is 1. The number of ether oxygens (including phenoxy) is 1. The smallest absolute Gasteiger partial charge is 0.254 e. The molecule has 1 amide bonds. The standard InChI is InChI=1S/C9H14BrN3O2/c1-13-7-8(6-12-13)9(14)11-3-5-15-4-2-10/h6-7H,2-5H2,1H3,(H,11,14). The van der Waals surface area contributed by atoms with Gasteiger partial charge in [0.25, 0.3) is 5.91 Å². The van der Waals surface area contributed by atoms with Gasteiger partial charge in [0, 0.05) is 25.1 Å². The number of halogens is 1. The molecule has 0 saturated heterocycles. The van der Waals surface area contributed by atoms with E-state index >= 15 is 0 Å². The zero-order valence-corrected chi connectivity index (χ0v) is 10.2. The number of carbonyl (C=O) groups excluding carboxylic acids is 1. The van der Waals surface area contributed by atoms with E-state index < -0.39 is 0 Å². The van der Waals surface area contributed by atoms with Gasteiger partial charge < -0.3 is 10.1 Å². The quantitative estimate of drug-likeness (QED) is 0.610. The SMILES string of the molecule is Cn1cc(C(=O)NCCOCCBr)cn1. The molecule has 0 aromatic carbocycles. The number of nitrogens with one attached hydrogen (secondary N) is 1. The van der Waals surface area contributed by atoms with E-state index in [1.165, 1.54) is 6.20 Å². The van der Waals surface area contributed by atoms with Crippen LogP contribution in [-0.4, -0.2) is 40.8 Å². The van der Waals surface area contributed by atoms with Crippen LogP contribution in [0.25, 0.3) is 0 Å². The third kappa shape index (κ3) is 4.44. The van der Waals surface area contributed by atoms with Gasteiger partial charge in [-0.2, -0.15) is 5.10 Å². The summed E-state index contributed by atoms with van der Waals surface area (Å²) in [6.07, 6.45) is 3.21. The average Bonchev–Trinajstić information content (AvgIpc) is 2.64. The second kappa shape index (κ2) is 6.58. The molecule has 5 nitrogen and oxygen atoms in total. The second-order valence-electron chi connectivity index (χ2n) is 2.96. The summed E-state index contributed by atoms with van der Waals surface area (Å²) < 4.78 is 6.79. The highest BCUT2D eigenvalue weighted by molar-refractivity contribution is 9.09. The molecular weight excluding hydrogens is 262 g/mol. The van der Waals surface area contributed by atoms with Gasteiger partial charge in [-0.15, -0.1) is 0 Å². The van der Waals surface area contributed by atoms with Crippen molar-refractivity contribution in [1.82, 2.24) is 15.1 Å². The number of aromatic nitrogens is 2. The van der Waals surface area contributed by atoms with Gasteiger partial charge >= 0.3 is 0 Å². The van der Waals surface area contributed by atoms with Crippen molar-refractivity contribution >= 4 is 21.8 Å². The molecule has 0 saturated carbocycles. The normalized spacial score (nSPS) is 10.3. The molecule has 1 heterocycles. The largest absolute Gasteiger partial charge is 0.379 e. The first-order valence-electron chi connectivity index (χ1n) is 4.64. The molecule has 0 aliphatic heterocycles. The molecule has 0 aliphatic carbocycles. The molecule has 0 atom stereocenters. The molecular formula is C9H14BrN3O2. The maximum Gasteiger partial charge on any atom is 0.254 e. The topological polar surface area (TPSA) is 56.2 Å². The van der Waals surface area contributed by atoms with E-state index in [1.807, 2.05) is 0 Å². The van der Waals surface area contributed by atoms with Crippen LogP contribution in [0.15, 0.2) is 12.4 Å². The summed E-state index contributed by atoms with van der Waals surface area (Å²) in [5.41, 5.74) is 0.568. The van der Waals surface area contributed by atoms with Crippen molar-refractivity contribution in [3.8, 4) is 0 Å². The van der Waals surface area contributed by atoms with Crippen LogP contribution in [-0.2, 0) is 11.8 Å². The average molecular weight is 276 g/mol. The Morgan fingerprint density at radius 3 is 3.07 bits per heavy atom. The van der Waals surface area contributed by atoms with Gasteiger partial charge in [-0.25, -0.2) is 0 Å². The lowest BCUT2D eigenvalue weighted by atomic mass is 10.3. The zero-order chi connectivity index (χ0) is 11.1. The van der Waals surface area contributed by atoms with Crippen LogP contribution in [0.5, 0.6) is 0 Å². The van der Waals surface area contributed by atoms with E-state index in [0.717, 1.165) is 5.33 Å². The Bertz CT molecular complexity index is 314. The summed E-state index contributed by atoms with van der Waals surface area (Å²) in [6, 6.07) is 0. The minimum Gasteiger partial charge on any atom is -0.379 e. The summed E-state index contributed by atoms with van der Waals surface area (Å²) in [5, 5.41) is 7.46. The minimum absolute atomic E-state index is 0.120. The monoisotopic (exact) mass is 275 g/mol. The number of alkyl halides is 1. The number of hydrogen-bond acceptors (Lipinski definition) is 3. The van der Waals surface area contributed by atoms with Crippen molar-refractivity contribution in [3.63, 3.8) is 0 Å². The van der Waals surface area contributed by atoms with Gasteiger partial charge in [0.15, 0.2) is 0 Å². The van der Waals surface area contributed by atoms with Crippen molar-refractivity contribution < 1.29 is 9.53 Å². The summed E-state index contributed by atoms with van der Waals surface area (Å²) in [4.78, 5) is 11.5. The molecule has 0 spiro atoms. The molecule has 0 aliphatic rings. The van der Waals surface area contributed by atoms with E-state index in [0.29, 0.717) is 25.3 Å². The van der Waals surface area contributed by atoms with Crippen molar-refractivity contribution in [2.24, 2.45) is 7.05 Å². The van der Waals surface area contributed by atoms with E-state index in [4.69, 9.17) is 4.74 Å². The number of hydrogen-bond donors (Lipinski definition) is 1. The van der Waals surface area contributed by atoms with E-state index in [9.17, 15) is 4.79 Å². The predicted octanol–water partition coefficient (Wildman–Crippen LogP) is 0.561. The van der Waals surface area contributed by atoms with Crippen LogP contribution < -0.4 is 5.32 Å². The van der Waals surface area contributed by atoms with Crippen LogP contribution >= 0.6 is 15.9 Å². The predicted molar refractivity (Wildman–Crippen MR) is 60.2 cm³/mol. The maximum absolute atomic E-state index is 11.5. The maximum atomic E-state index is 11.5. The lowest BCUT2D eigenvalue weighted by Gasteiger charge is -2.03. The first kappa shape index (κ1) is 12.2. The molecule has 15 heavy (non-hydrogen) atoms. The molecule has 1 aromatic heterocycles. The van der Waals surface area contributed by atoms with Gasteiger partial charge in [0.2, 0.25) is 0 Å². The summed E-state index contributed by atoms with van der Waals surface area (Å²) in [6.45, 7) is 1.70. The Morgan fingerprint density at radius 2 is 2.47 bits per heavy atom. The fraction of sp³-hybridized carbons (Fsp3) is 0.556. The van der Waals surface area contributed by atoms with Crippen molar-refractivity contribution in [3.05, 3.63) is 18.0 Å². The van der Waals surface area contributed by atoms with Gasteiger partial charge in [-0.05, 0) is 0 Å². The van der Waals surface area contributed by atoms with Crippen molar-refractivity contribution in [1.29, 1.82) is 0 Å². The number of aryl methyl sites for hydroxylation is 1. The van der Waals surface area contributed by atoms with Crippen LogP contribution in [0.4, 0.5) is 0 Å². The third-order valence-electron chi connectivity index (χ3n) is 1.72. The molecule has 1 N–H and O–H groups in total. The highest BCUT2D eigenvalue weighted by Crippen LogP contribution is 1.94. The summed E-state index contributed by atoms with van der Waals surface area (Å²) in [5.74, 6) is -0.120. The first-order valence-corrected chi connectivity index (χ1v) is 5.76.